The molecule has 2 nitrogen and oxygen atoms in total. The summed E-state index contributed by atoms with van der Waals surface area (Å²) in [5.41, 5.74) is 6.87. The first-order valence-electron chi connectivity index (χ1n) is 4.20. The predicted octanol–water partition coefficient (Wildman–Crippen LogP) is 1.80. The van der Waals surface area contributed by atoms with Crippen LogP contribution in [0.2, 0.25) is 0 Å². The number of rotatable bonds is 4. The molecule has 0 bridgehead atoms. The van der Waals surface area contributed by atoms with Crippen LogP contribution in [0.25, 0.3) is 0 Å². The summed E-state index contributed by atoms with van der Waals surface area (Å²) in [5.74, 6) is 0. The molecular weight excluding hydrogens is 169 g/mol. The zero-order valence-electron chi connectivity index (χ0n) is 7.66. The molecule has 0 aliphatic carbocycles. The Morgan fingerprint density at radius 2 is 2.00 bits per heavy atom. The van der Waals surface area contributed by atoms with Gasteiger partial charge in [-0.1, -0.05) is 24.3 Å². The van der Waals surface area contributed by atoms with Gasteiger partial charge in [0.2, 0.25) is 0 Å². The van der Waals surface area contributed by atoms with Crippen LogP contribution in [-0.4, -0.2) is 13.7 Å². The van der Waals surface area contributed by atoms with Gasteiger partial charge >= 0.3 is 0 Å². The van der Waals surface area contributed by atoms with E-state index in [1.54, 1.807) is 19.2 Å². The molecule has 13 heavy (non-hydrogen) atoms. The molecule has 0 spiro atoms. The molecule has 72 valence electrons. The third-order valence-electron chi connectivity index (χ3n) is 1.86. The van der Waals surface area contributed by atoms with Gasteiger partial charge in [0, 0.05) is 13.7 Å². The fourth-order valence-electron chi connectivity index (χ4n) is 1.13. The van der Waals surface area contributed by atoms with Gasteiger partial charge < -0.3 is 10.5 Å². The van der Waals surface area contributed by atoms with Gasteiger partial charge in [-0.3, -0.25) is 0 Å². The van der Waals surface area contributed by atoms with E-state index in [0.717, 1.165) is 5.56 Å². The highest BCUT2D eigenvalue weighted by Crippen LogP contribution is 2.16. The van der Waals surface area contributed by atoms with Gasteiger partial charge in [0.15, 0.2) is 0 Å². The minimum atomic E-state index is -1.06. The molecule has 0 aliphatic rings. The van der Waals surface area contributed by atoms with Crippen molar-refractivity contribution >= 4 is 0 Å². The molecule has 1 atom stereocenters. The molecule has 0 fully saturated rings. The van der Waals surface area contributed by atoms with E-state index in [1.165, 1.54) is 0 Å². The van der Waals surface area contributed by atoms with Crippen LogP contribution in [0.1, 0.15) is 17.3 Å². The largest absolute Gasteiger partial charge is 0.380 e. The number of benzene rings is 1. The van der Waals surface area contributed by atoms with Crippen LogP contribution >= 0.6 is 0 Å². The number of halogens is 1. The fraction of sp³-hybridized carbons (Fsp3) is 0.400. The zero-order chi connectivity index (χ0) is 9.68. The molecular formula is C10H14FNO. The zero-order valence-corrected chi connectivity index (χ0v) is 7.66. The number of methoxy groups -OCH3 is 1. The van der Waals surface area contributed by atoms with Crippen molar-refractivity contribution in [1.29, 1.82) is 0 Å². The minimum Gasteiger partial charge on any atom is -0.380 e. The lowest BCUT2D eigenvalue weighted by Crippen LogP contribution is -2.07. The molecule has 0 amide bonds. The maximum absolute atomic E-state index is 13.0. The van der Waals surface area contributed by atoms with E-state index in [1.807, 2.05) is 12.1 Å². The molecule has 0 saturated heterocycles. The summed E-state index contributed by atoms with van der Waals surface area (Å²) in [6.45, 7) is 0.587. The van der Waals surface area contributed by atoms with Crippen molar-refractivity contribution in [2.24, 2.45) is 5.73 Å². The quantitative estimate of drug-likeness (QED) is 0.772. The molecule has 0 saturated carbocycles. The normalized spacial score (nSPS) is 12.8. The lowest BCUT2D eigenvalue weighted by Gasteiger charge is -2.06. The lowest BCUT2D eigenvalue weighted by molar-refractivity contribution is 0.185. The molecule has 1 unspecified atom stereocenters. The number of nitrogens with two attached hydrogens (primary N) is 1. The van der Waals surface area contributed by atoms with E-state index in [9.17, 15) is 4.39 Å². The van der Waals surface area contributed by atoms with Crippen LogP contribution in [0.5, 0.6) is 0 Å². The molecule has 1 rings (SSSR count). The highest BCUT2D eigenvalue weighted by atomic mass is 19.1. The molecule has 0 aromatic heterocycles. The number of hydrogen-bond acceptors (Lipinski definition) is 2. The summed E-state index contributed by atoms with van der Waals surface area (Å²) in [6, 6.07) is 7.18. The summed E-state index contributed by atoms with van der Waals surface area (Å²) < 4.78 is 18.0. The first kappa shape index (κ1) is 10.2. The summed E-state index contributed by atoms with van der Waals surface area (Å²) in [5, 5.41) is 0. The Balaban J connectivity index is 2.69. The predicted molar refractivity (Wildman–Crippen MR) is 50.1 cm³/mol. The standard InChI is InChI=1S/C10H14FNO/c1-13-7-8-2-4-9(5-3-8)10(11)6-12/h2-5,10H,6-7,12H2,1H3. The molecule has 1 aromatic rings. The average Bonchev–Trinajstić information content (AvgIpc) is 2.18. The first-order valence-corrected chi connectivity index (χ1v) is 4.20. The van der Waals surface area contributed by atoms with Crippen LogP contribution in [0.4, 0.5) is 4.39 Å². The second-order valence-electron chi connectivity index (χ2n) is 2.88. The van der Waals surface area contributed by atoms with E-state index < -0.39 is 6.17 Å². The van der Waals surface area contributed by atoms with Crippen molar-refractivity contribution in [1.82, 2.24) is 0 Å². The highest BCUT2D eigenvalue weighted by Gasteiger charge is 2.05. The second-order valence-corrected chi connectivity index (χ2v) is 2.88. The van der Waals surface area contributed by atoms with Crippen molar-refractivity contribution in [3.63, 3.8) is 0 Å². The molecule has 0 aliphatic heterocycles. The third-order valence-corrected chi connectivity index (χ3v) is 1.86. The van der Waals surface area contributed by atoms with Gasteiger partial charge in [0.25, 0.3) is 0 Å². The molecule has 2 N–H and O–H groups in total. The van der Waals surface area contributed by atoms with Crippen LogP contribution in [0, 0.1) is 0 Å². The van der Waals surface area contributed by atoms with Crippen LogP contribution in [0.3, 0.4) is 0 Å². The van der Waals surface area contributed by atoms with E-state index in [-0.39, 0.29) is 6.54 Å². The van der Waals surface area contributed by atoms with Gasteiger partial charge in [0.1, 0.15) is 6.17 Å². The Morgan fingerprint density at radius 3 is 2.46 bits per heavy atom. The summed E-state index contributed by atoms with van der Waals surface area (Å²) in [4.78, 5) is 0. The van der Waals surface area contributed by atoms with Gasteiger partial charge in [0.05, 0.1) is 6.61 Å². The van der Waals surface area contributed by atoms with E-state index in [0.29, 0.717) is 12.2 Å². The Bertz CT molecular complexity index is 248. The van der Waals surface area contributed by atoms with Gasteiger partial charge in [-0.25, -0.2) is 4.39 Å². The van der Waals surface area contributed by atoms with Crippen molar-refractivity contribution in [3.8, 4) is 0 Å². The van der Waals surface area contributed by atoms with E-state index in [4.69, 9.17) is 10.5 Å². The van der Waals surface area contributed by atoms with Crippen LogP contribution < -0.4 is 5.73 Å². The maximum atomic E-state index is 13.0. The Morgan fingerprint density at radius 1 is 1.38 bits per heavy atom. The topological polar surface area (TPSA) is 35.2 Å². The summed E-state index contributed by atoms with van der Waals surface area (Å²) in [7, 11) is 1.63. The van der Waals surface area contributed by atoms with Crippen molar-refractivity contribution < 1.29 is 9.13 Å². The molecule has 0 radical (unpaired) electrons. The monoisotopic (exact) mass is 183 g/mol. The number of alkyl halides is 1. The second kappa shape index (κ2) is 4.94. The average molecular weight is 183 g/mol. The van der Waals surface area contributed by atoms with Crippen LogP contribution in [0.15, 0.2) is 24.3 Å². The molecule has 3 heteroatoms. The summed E-state index contributed by atoms with van der Waals surface area (Å²) >= 11 is 0. The SMILES string of the molecule is COCc1ccc(C(F)CN)cc1. The third kappa shape index (κ3) is 2.79. The minimum absolute atomic E-state index is 0.0314. The fourth-order valence-corrected chi connectivity index (χ4v) is 1.13. The lowest BCUT2D eigenvalue weighted by atomic mass is 10.1. The van der Waals surface area contributed by atoms with Gasteiger partial charge in [-0.15, -0.1) is 0 Å². The van der Waals surface area contributed by atoms with Gasteiger partial charge in [-0.05, 0) is 11.1 Å². The number of ether oxygens (including phenoxy) is 1. The Hall–Kier alpha value is -0.930. The first-order chi connectivity index (χ1) is 6.27. The molecule has 0 heterocycles. The Kier molecular flexibility index (Phi) is 3.86. The van der Waals surface area contributed by atoms with Gasteiger partial charge in [-0.2, -0.15) is 0 Å². The van der Waals surface area contributed by atoms with E-state index >= 15 is 0 Å². The van der Waals surface area contributed by atoms with Crippen molar-refractivity contribution in [3.05, 3.63) is 35.4 Å². The van der Waals surface area contributed by atoms with E-state index in [2.05, 4.69) is 0 Å². The maximum Gasteiger partial charge on any atom is 0.137 e. The van der Waals surface area contributed by atoms with Crippen molar-refractivity contribution in [2.75, 3.05) is 13.7 Å². The summed E-state index contributed by atoms with van der Waals surface area (Å²) in [6.07, 6.45) is -1.06. The number of hydrogen-bond donors (Lipinski definition) is 1. The smallest absolute Gasteiger partial charge is 0.137 e. The molecule has 1 aromatic carbocycles. The Labute approximate surface area is 77.5 Å². The van der Waals surface area contributed by atoms with Crippen molar-refractivity contribution in [2.45, 2.75) is 12.8 Å². The van der Waals surface area contributed by atoms with Crippen LogP contribution in [-0.2, 0) is 11.3 Å². The highest BCUT2D eigenvalue weighted by molar-refractivity contribution is 5.23.